The second kappa shape index (κ2) is 7.39. The number of hydrogen-bond donors (Lipinski definition) is 0. The molecule has 0 aliphatic carbocycles. The molecule has 0 saturated carbocycles. The van der Waals surface area contributed by atoms with Crippen molar-refractivity contribution in [2.45, 2.75) is 0 Å². The van der Waals surface area contributed by atoms with Gasteiger partial charge in [-0.25, -0.2) is 0 Å². The van der Waals surface area contributed by atoms with Crippen molar-refractivity contribution in [2.75, 3.05) is 40.3 Å². The van der Waals surface area contributed by atoms with Gasteiger partial charge in [-0.2, -0.15) is 0 Å². The van der Waals surface area contributed by atoms with Crippen LogP contribution in [0.2, 0.25) is 0 Å². The predicted molar refractivity (Wildman–Crippen MR) is 101 cm³/mol. The summed E-state index contributed by atoms with van der Waals surface area (Å²) in [6.07, 6.45) is 1.70. The van der Waals surface area contributed by atoms with Crippen LogP contribution >= 0.6 is 0 Å². The van der Waals surface area contributed by atoms with Crippen molar-refractivity contribution in [3.05, 3.63) is 42.6 Å². The molecule has 6 nitrogen and oxygen atoms in total. The fraction of sp³-hybridized carbons (Fsp3) is 0.250. The average Bonchev–Trinajstić information content (AvgIpc) is 3.16. The summed E-state index contributed by atoms with van der Waals surface area (Å²) in [5, 5.41) is 4.00. The number of methoxy groups -OCH3 is 3. The number of hydrogen-bond acceptors (Lipinski definition) is 6. The number of aromatic nitrogens is 1. The minimum Gasteiger partial charge on any atom is -0.497 e. The second-order valence-electron chi connectivity index (χ2n) is 5.92. The molecular formula is C20H22N2O4. The molecule has 1 aromatic heterocycles. The second-order valence-corrected chi connectivity index (χ2v) is 5.92. The lowest BCUT2D eigenvalue weighted by Gasteiger charge is -2.14. The van der Waals surface area contributed by atoms with Crippen molar-refractivity contribution in [3.8, 4) is 39.7 Å². The summed E-state index contributed by atoms with van der Waals surface area (Å²) in [4.78, 5) is 2.05. The standard InChI is InChI=1S/C20H22N2O4/c1-22(2)14-8-6-13(7-9-14)17-12-21-26-19(17)16-10-15(23-3)11-18(24-4)20(16)25-5/h6-12H,1-5H3. The predicted octanol–water partition coefficient (Wildman–Crippen LogP) is 4.10. The first-order chi connectivity index (χ1) is 12.6. The van der Waals surface area contributed by atoms with Crippen molar-refractivity contribution in [1.29, 1.82) is 0 Å². The quantitative estimate of drug-likeness (QED) is 0.664. The van der Waals surface area contributed by atoms with E-state index in [2.05, 4.69) is 17.3 Å². The minimum atomic E-state index is 0.562. The van der Waals surface area contributed by atoms with Crippen LogP contribution in [0.4, 0.5) is 5.69 Å². The molecule has 1 heterocycles. The average molecular weight is 354 g/mol. The van der Waals surface area contributed by atoms with Crippen LogP contribution in [-0.2, 0) is 0 Å². The van der Waals surface area contributed by atoms with E-state index in [1.165, 1.54) is 0 Å². The zero-order chi connectivity index (χ0) is 18.7. The maximum atomic E-state index is 5.57. The van der Waals surface area contributed by atoms with Gasteiger partial charge in [-0.3, -0.25) is 0 Å². The Labute approximate surface area is 152 Å². The number of nitrogens with zero attached hydrogens (tertiary/aromatic N) is 2. The molecule has 0 radical (unpaired) electrons. The van der Waals surface area contributed by atoms with Gasteiger partial charge in [0.25, 0.3) is 0 Å². The summed E-state index contributed by atoms with van der Waals surface area (Å²) in [5.74, 6) is 2.36. The Morgan fingerprint density at radius 2 is 1.62 bits per heavy atom. The van der Waals surface area contributed by atoms with E-state index in [9.17, 15) is 0 Å². The third-order valence-electron chi connectivity index (χ3n) is 4.20. The largest absolute Gasteiger partial charge is 0.497 e. The van der Waals surface area contributed by atoms with E-state index >= 15 is 0 Å². The van der Waals surface area contributed by atoms with E-state index in [0.717, 1.165) is 16.8 Å². The van der Waals surface area contributed by atoms with Crippen LogP contribution < -0.4 is 19.1 Å². The number of benzene rings is 2. The summed E-state index contributed by atoms with van der Waals surface area (Å²) >= 11 is 0. The highest BCUT2D eigenvalue weighted by atomic mass is 16.5. The van der Waals surface area contributed by atoms with Crippen LogP contribution in [0.3, 0.4) is 0 Å². The van der Waals surface area contributed by atoms with Gasteiger partial charge in [0.05, 0.1) is 33.1 Å². The summed E-state index contributed by atoms with van der Waals surface area (Å²) < 4.78 is 21.9. The first-order valence-corrected chi connectivity index (χ1v) is 8.11. The molecule has 0 aliphatic rings. The van der Waals surface area contributed by atoms with Crippen LogP contribution in [0.15, 0.2) is 47.1 Å². The molecule has 0 atom stereocenters. The van der Waals surface area contributed by atoms with Gasteiger partial charge in [0.2, 0.25) is 0 Å². The number of rotatable bonds is 6. The fourth-order valence-corrected chi connectivity index (χ4v) is 2.80. The molecule has 0 N–H and O–H groups in total. The Kier molecular flexibility index (Phi) is 5.02. The van der Waals surface area contributed by atoms with Crippen LogP contribution in [0, 0.1) is 0 Å². The van der Waals surface area contributed by atoms with Crippen LogP contribution in [0.25, 0.3) is 22.5 Å². The van der Waals surface area contributed by atoms with Gasteiger partial charge in [0.1, 0.15) is 5.75 Å². The molecule has 2 aromatic carbocycles. The Morgan fingerprint density at radius 1 is 0.885 bits per heavy atom. The van der Waals surface area contributed by atoms with Crippen molar-refractivity contribution in [3.63, 3.8) is 0 Å². The highest BCUT2D eigenvalue weighted by Gasteiger charge is 2.21. The SMILES string of the molecule is COc1cc(OC)c(OC)c(-c2oncc2-c2ccc(N(C)C)cc2)c1. The molecule has 0 saturated heterocycles. The van der Waals surface area contributed by atoms with E-state index in [0.29, 0.717) is 28.6 Å². The van der Waals surface area contributed by atoms with E-state index in [4.69, 9.17) is 18.7 Å². The molecule has 0 fully saturated rings. The van der Waals surface area contributed by atoms with Gasteiger partial charge >= 0.3 is 0 Å². The molecule has 3 rings (SSSR count). The lowest BCUT2D eigenvalue weighted by Crippen LogP contribution is -2.07. The Hall–Kier alpha value is -3.15. The molecule has 0 spiro atoms. The number of anilines is 1. The molecule has 0 bridgehead atoms. The summed E-state index contributed by atoms with van der Waals surface area (Å²) in [5.41, 5.74) is 3.69. The van der Waals surface area contributed by atoms with Crippen LogP contribution in [-0.4, -0.2) is 40.6 Å². The van der Waals surface area contributed by atoms with E-state index in [1.807, 2.05) is 37.2 Å². The maximum Gasteiger partial charge on any atom is 0.178 e. The molecule has 6 heteroatoms. The molecule has 136 valence electrons. The minimum absolute atomic E-state index is 0.562. The molecular weight excluding hydrogens is 332 g/mol. The fourth-order valence-electron chi connectivity index (χ4n) is 2.80. The lowest BCUT2D eigenvalue weighted by molar-refractivity contribution is 0.348. The molecule has 26 heavy (non-hydrogen) atoms. The zero-order valence-corrected chi connectivity index (χ0v) is 15.6. The lowest BCUT2D eigenvalue weighted by atomic mass is 10.0. The third-order valence-corrected chi connectivity index (χ3v) is 4.20. The normalized spacial score (nSPS) is 10.5. The van der Waals surface area contributed by atoms with E-state index < -0.39 is 0 Å². The molecule has 0 aliphatic heterocycles. The van der Waals surface area contributed by atoms with Crippen LogP contribution in [0.5, 0.6) is 17.2 Å². The van der Waals surface area contributed by atoms with Crippen molar-refractivity contribution >= 4 is 5.69 Å². The zero-order valence-electron chi connectivity index (χ0n) is 15.6. The number of ether oxygens (including phenoxy) is 3. The van der Waals surface area contributed by atoms with Crippen molar-refractivity contribution < 1.29 is 18.7 Å². The van der Waals surface area contributed by atoms with Gasteiger partial charge in [0.15, 0.2) is 17.3 Å². The van der Waals surface area contributed by atoms with E-state index in [-0.39, 0.29) is 0 Å². The third kappa shape index (κ3) is 3.18. The topological polar surface area (TPSA) is 57.0 Å². The van der Waals surface area contributed by atoms with Gasteiger partial charge in [-0.05, 0) is 23.8 Å². The molecule has 0 amide bonds. The Bertz CT molecular complexity index is 885. The molecule has 3 aromatic rings. The smallest absolute Gasteiger partial charge is 0.178 e. The first kappa shape index (κ1) is 17.7. The monoisotopic (exact) mass is 354 g/mol. The van der Waals surface area contributed by atoms with E-state index in [1.54, 1.807) is 33.6 Å². The summed E-state index contributed by atoms with van der Waals surface area (Å²) in [6, 6.07) is 11.8. The van der Waals surface area contributed by atoms with Crippen molar-refractivity contribution in [2.24, 2.45) is 0 Å². The van der Waals surface area contributed by atoms with Gasteiger partial charge in [-0.1, -0.05) is 17.3 Å². The Morgan fingerprint density at radius 3 is 2.19 bits per heavy atom. The maximum absolute atomic E-state index is 5.57. The highest BCUT2D eigenvalue weighted by Crippen LogP contribution is 2.44. The highest BCUT2D eigenvalue weighted by molar-refractivity contribution is 5.84. The van der Waals surface area contributed by atoms with Gasteiger partial charge in [0, 0.05) is 31.4 Å². The summed E-state index contributed by atoms with van der Waals surface area (Å²) in [6.45, 7) is 0. The van der Waals surface area contributed by atoms with Crippen LogP contribution in [0.1, 0.15) is 0 Å². The first-order valence-electron chi connectivity index (χ1n) is 8.11. The molecule has 0 unspecified atom stereocenters. The van der Waals surface area contributed by atoms with Crippen molar-refractivity contribution in [1.82, 2.24) is 5.16 Å². The van der Waals surface area contributed by atoms with Gasteiger partial charge < -0.3 is 23.6 Å². The van der Waals surface area contributed by atoms with Gasteiger partial charge in [-0.15, -0.1) is 0 Å². The Balaban J connectivity index is 2.14. The summed E-state index contributed by atoms with van der Waals surface area (Å²) in [7, 11) is 8.80.